The zero-order valence-corrected chi connectivity index (χ0v) is 10.7. The summed E-state index contributed by atoms with van der Waals surface area (Å²) in [7, 11) is 0. The highest BCUT2D eigenvalue weighted by atomic mass is 35.5. The van der Waals surface area contributed by atoms with Crippen molar-refractivity contribution < 1.29 is 9.50 Å². The average molecular weight is 258 g/mol. The molecular formula is C13H17ClFNO. The Morgan fingerprint density at radius 1 is 1.53 bits per heavy atom. The molecular weight excluding hydrogens is 241 g/mol. The number of likely N-dealkylation sites (tertiary alicyclic amines) is 1. The first-order chi connectivity index (χ1) is 8.05. The Balaban J connectivity index is 2.18. The Labute approximate surface area is 106 Å². The third kappa shape index (κ3) is 2.62. The Morgan fingerprint density at radius 3 is 2.94 bits per heavy atom. The van der Waals surface area contributed by atoms with Crippen LogP contribution in [0.3, 0.4) is 0 Å². The lowest BCUT2D eigenvalue weighted by Gasteiger charge is -2.24. The third-order valence-electron chi connectivity index (χ3n) is 3.32. The quantitative estimate of drug-likeness (QED) is 0.900. The molecule has 1 N–H and O–H groups in total. The van der Waals surface area contributed by atoms with Crippen molar-refractivity contribution in [1.29, 1.82) is 0 Å². The van der Waals surface area contributed by atoms with E-state index in [0.29, 0.717) is 18.5 Å². The number of halogens is 2. The van der Waals surface area contributed by atoms with Gasteiger partial charge in [0.25, 0.3) is 0 Å². The van der Waals surface area contributed by atoms with Gasteiger partial charge < -0.3 is 10.0 Å². The smallest absolute Gasteiger partial charge is 0.141 e. The van der Waals surface area contributed by atoms with E-state index in [1.807, 2.05) is 0 Å². The van der Waals surface area contributed by atoms with Gasteiger partial charge in [0.2, 0.25) is 0 Å². The lowest BCUT2D eigenvalue weighted by atomic mass is 9.93. The van der Waals surface area contributed by atoms with Crippen LogP contribution < -0.4 is 0 Å². The molecule has 0 aliphatic carbocycles. The van der Waals surface area contributed by atoms with Gasteiger partial charge in [0.1, 0.15) is 11.4 Å². The molecule has 1 aromatic carbocycles. The van der Waals surface area contributed by atoms with Gasteiger partial charge in [-0.3, -0.25) is 0 Å². The molecule has 0 aromatic heterocycles. The first kappa shape index (κ1) is 12.8. The van der Waals surface area contributed by atoms with Crippen LogP contribution in [0.1, 0.15) is 25.3 Å². The van der Waals surface area contributed by atoms with Crippen LogP contribution in [0.5, 0.6) is 0 Å². The molecule has 1 fully saturated rings. The van der Waals surface area contributed by atoms with Crippen molar-refractivity contribution in [3.8, 4) is 0 Å². The summed E-state index contributed by atoms with van der Waals surface area (Å²) in [6.45, 7) is 4.57. The lowest BCUT2D eigenvalue weighted by Crippen LogP contribution is -2.31. The summed E-state index contributed by atoms with van der Waals surface area (Å²) >= 11 is 5.75. The highest BCUT2D eigenvalue weighted by Gasteiger charge is 2.37. The number of nitrogens with zero attached hydrogens (tertiary/aromatic N) is 1. The van der Waals surface area contributed by atoms with Crippen molar-refractivity contribution in [1.82, 2.24) is 4.90 Å². The summed E-state index contributed by atoms with van der Waals surface area (Å²) in [4.78, 5) is 2.22. The minimum Gasteiger partial charge on any atom is -0.384 e. The van der Waals surface area contributed by atoms with Crippen molar-refractivity contribution >= 4 is 11.6 Å². The fourth-order valence-corrected chi connectivity index (χ4v) is 2.58. The van der Waals surface area contributed by atoms with Crippen LogP contribution in [0, 0.1) is 5.82 Å². The maximum atomic E-state index is 13.1. The van der Waals surface area contributed by atoms with E-state index in [9.17, 15) is 9.50 Å². The molecule has 0 bridgehead atoms. The molecule has 1 saturated heterocycles. The third-order valence-corrected chi connectivity index (χ3v) is 3.61. The zero-order valence-electron chi connectivity index (χ0n) is 9.92. The molecule has 94 valence electrons. The van der Waals surface area contributed by atoms with E-state index in [2.05, 4.69) is 11.8 Å². The Hall–Kier alpha value is -0.640. The van der Waals surface area contributed by atoms with Gasteiger partial charge in [-0.05, 0) is 37.1 Å². The Morgan fingerprint density at radius 2 is 2.29 bits per heavy atom. The van der Waals surface area contributed by atoms with Crippen LogP contribution >= 0.6 is 11.6 Å². The van der Waals surface area contributed by atoms with Crippen molar-refractivity contribution in [2.75, 3.05) is 19.6 Å². The molecule has 2 nitrogen and oxygen atoms in total. The largest absolute Gasteiger partial charge is 0.384 e. The minimum absolute atomic E-state index is 0.0740. The van der Waals surface area contributed by atoms with Gasteiger partial charge >= 0.3 is 0 Å². The van der Waals surface area contributed by atoms with Crippen LogP contribution in [-0.4, -0.2) is 29.6 Å². The van der Waals surface area contributed by atoms with Crippen LogP contribution in [-0.2, 0) is 5.60 Å². The van der Waals surface area contributed by atoms with Crippen molar-refractivity contribution in [2.24, 2.45) is 0 Å². The molecule has 0 saturated carbocycles. The van der Waals surface area contributed by atoms with E-state index in [0.717, 1.165) is 19.5 Å². The zero-order chi connectivity index (χ0) is 12.5. The predicted octanol–water partition coefficient (Wildman–Crippen LogP) is 2.78. The summed E-state index contributed by atoms with van der Waals surface area (Å²) in [6.07, 6.45) is 1.75. The molecule has 0 spiro atoms. The number of hydrogen-bond acceptors (Lipinski definition) is 2. The van der Waals surface area contributed by atoms with E-state index in [1.54, 1.807) is 6.07 Å². The molecule has 1 aliphatic rings. The molecule has 1 heterocycles. The molecule has 1 unspecified atom stereocenters. The summed E-state index contributed by atoms with van der Waals surface area (Å²) in [6, 6.07) is 4.47. The van der Waals surface area contributed by atoms with Gasteiger partial charge in [0, 0.05) is 13.1 Å². The molecule has 0 amide bonds. The van der Waals surface area contributed by atoms with Gasteiger partial charge in [-0.1, -0.05) is 24.6 Å². The van der Waals surface area contributed by atoms with E-state index in [4.69, 9.17) is 11.6 Å². The number of benzene rings is 1. The first-order valence-electron chi connectivity index (χ1n) is 5.95. The van der Waals surface area contributed by atoms with Crippen LogP contribution in [0.2, 0.25) is 5.02 Å². The number of hydrogen-bond donors (Lipinski definition) is 1. The highest BCUT2D eigenvalue weighted by Crippen LogP contribution is 2.33. The fraction of sp³-hybridized carbons (Fsp3) is 0.538. The van der Waals surface area contributed by atoms with Gasteiger partial charge in [-0.2, -0.15) is 0 Å². The number of rotatable bonds is 3. The molecule has 17 heavy (non-hydrogen) atoms. The minimum atomic E-state index is -0.882. The molecule has 0 radical (unpaired) electrons. The molecule has 2 rings (SSSR count). The summed E-state index contributed by atoms with van der Waals surface area (Å²) < 4.78 is 13.1. The van der Waals surface area contributed by atoms with E-state index < -0.39 is 11.4 Å². The first-order valence-corrected chi connectivity index (χ1v) is 6.33. The summed E-state index contributed by atoms with van der Waals surface area (Å²) in [5.41, 5.74) is -0.172. The lowest BCUT2D eigenvalue weighted by molar-refractivity contribution is 0.0461. The molecule has 1 aliphatic heterocycles. The van der Waals surface area contributed by atoms with Gasteiger partial charge in [-0.15, -0.1) is 0 Å². The van der Waals surface area contributed by atoms with E-state index in [-0.39, 0.29) is 5.02 Å². The fourth-order valence-electron chi connectivity index (χ4n) is 2.40. The number of β-amino-alcohol motifs (C(OH)–C–C–N with tert-alkyl or cyclic N) is 1. The maximum Gasteiger partial charge on any atom is 0.141 e. The van der Waals surface area contributed by atoms with E-state index >= 15 is 0 Å². The molecule has 1 atom stereocenters. The van der Waals surface area contributed by atoms with Gasteiger partial charge in [0.05, 0.1) is 5.02 Å². The van der Waals surface area contributed by atoms with Crippen molar-refractivity contribution in [2.45, 2.75) is 25.4 Å². The van der Waals surface area contributed by atoms with Gasteiger partial charge in [0.15, 0.2) is 0 Å². The monoisotopic (exact) mass is 257 g/mol. The van der Waals surface area contributed by atoms with Crippen LogP contribution in [0.25, 0.3) is 0 Å². The standard InChI is InChI=1S/C13H17ClFNO/c1-2-6-16-7-5-13(17,9-16)10-3-4-12(15)11(14)8-10/h3-4,8,17H,2,5-7,9H2,1H3. The van der Waals surface area contributed by atoms with Crippen molar-refractivity contribution in [3.63, 3.8) is 0 Å². The normalized spacial score (nSPS) is 25.4. The molecule has 4 heteroatoms. The topological polar surface area (TPSA) is 23.5 Å². The SMILES string of the molecule is CCCN1CCC(O)(c2ccc(F)c(Cl)c2)C1. The Kier molecular flexibility index (Phi) is 3.71. The second-order valence-electron chi connectivity index (χ2n) is 4.69. The Bertz CT molecular complexity index is 412. The summed E-state index contributed by atoms with van der Waals surface area (Å²) in [5, 5.41) is 10.6. The van der Waals surface area contributed by atoms with Crippen molar-refractivity contribution in [3.05, 3.63) is 34.6 Å². The molecule has 1 aromatic rings. The predicted molar refractivity (Wildman–Crippen MR) is 66.7 cm³/mol. The van der Waals surface area contributed by atoms with Crippen LogP contribution in [0.15, 0.2) is 18.2 Å². The number of aliphatic hydroxyl groups is 1. The highest BCUT2D eigenvalue weighted by molar-refractivity contribution is 6.30. The van der Waals surface area contributed by atoms with Gasteiger partial charge in [-0.25, -0.2) is 4.39 Å². The van der Waals surface area contributed by atoms with Crippen LogP contribution in [0.4, 0.5) is 4.39 Å². The second-order valence-corrected chi connectivity index (χ2v) is 5.09. The maximum absolute atomic E-state index is 13.1. The van der Waals surface area contributed by atoms with E-state index in [1.165, 1.54) is 12.1 Å². The summed E-state index contributed by atoms with van der Waals surface area (Å²) in [5.74, 6) is -0.442. The second kappa shape index (κ2) is 4.92. The average Bonchev–Trinajstić information content (AvgIpc) is 2.66.